The molecule has 2 aliphatic rings. The van der Waals surface area contributed by atoms with E-state index in [1.165, 1.54) is 7.11 Å². The summed E-state index contributed by atoms with van der Waals surface area (Å²) in [5.41, 5.74) is -0.247. The van der Waals surface area contributed by atoms with E-state index in [2.05, 4.69) is 10.1 Å². The van der Waals surface area contributed by atoms with Crippen LogP contribution in [-0.4, -0.2) is 30.0 Å². The Morgan fingerprint density at radius 3 is 2.50 bits per heavy atom. The van der Waals surface area contributed by atoms with E-state index in [4.69, 9.17) is 23.2 Å². The fourth-order valence-electron chi connectivity index (χ4n) is 1.73. The Bertz CT molecular complexity index is 244. The van der Waals surface area contributed by atoms with Gasteiger partial charge in [0.2, 0.25) is 0 Å². The molecule has 1 saturated carbocycles. The molecule has 0 aromatic carbocycles. The molecule has 0 amide bonds. The van der Waals surface area contributed by atoms with E-state index in [0.29, 0.717) is 13.0 Å². The van der Waals surface area contributed by atoms with Gasteiger partial charge in [0, 0.05) is 12.0 Å². The predicted molar refractivity (Wildman–Crippen MR) is 45.3 cm³/mol. The maximum Gasteiger partial charge on any atom is 0.323 e. The molecule has 2 atom stereocenters. The first-order chi connectivity index (χ1) is 5.53. The zero-order chi connectivity index (χ0) is 8.98. The summed E-state index contributed by atoms with van der Waals surface area (Å²) in [7, 11) is 1.36. The lowest BCUT2D eigenvalue weighted by Crippen LogP contribution is -2.61. The highest BCUT2D eigenvalue weighted by atomic mass is 35.5. The van der Waals surface area contributed by atoms with Crippen molar-refractivity contribution in [3.8, 4) is 0 Å². The van der Waals surface area contributed by atoms with Gasteiger partial charge in [-0.15, -0.1) is 23.2 Å². The van der Waals surface area contributed by atoms with Crippen LogP contribution in [0.4, 0.5) is 0 Å². The first kappa shape index (κ1) is 8.60. The van der Waals surface area contributed by atoms with Crippen LogP contribution in [0.3, 0.4) is 0 Å². The minimum absolute atomic E-state index is 0.247. The number of ether oxygens (including phenoxy) is 1. The zero-order valence-corrected chi connectivity index (χ0v) is 8.08. The van der Waals surface area contributed by atoms with E-state index in [9.17, 15) is 4.79 Å². The molecule has 1 saturated heterocycles. The van der Waals surface area contributed by atoms with E-state index in [0.717, 1.165) is 0 Å². The lowest BCUT2D eigenvalue weighted by Gasteiger charge is -2.37. The van der Waals surface area contributed by atoms with Crippen LogP contribution in [0, 0.1) is 5.41 Å². The zero-order valence-electron chi connectivity index (χ0n) is 6.56. The minimum atomic E-state index is -0.725. The van der Waals surface area contributed by atoms with Crippen molar-refractivity contribution in [2.45, 2.75) is 16.8 Å². The van der Waals surface area contributed by atoms with Crippen molar-refractivity contribution in [3.63, 3.8) is 0 Å². The molecule has 5 heteroatoms. The third-order valence-electron chi connectivity index (χ3n) is 2.75. The molecule has 2 fully saturated rings. The van der Waals surface area contributed by atoms with Gasteiger partial charge in [0.1, 0.15) is 10.4 Å². The summed E-state index contributed by atoms with van der Waals surface area (Å²) >= 11 is 11.8. The van der Waals surface area contributed by atoms with Crippen LogP contribution >= 0.6 is 23.2 Å². The van der Waals surface area contributed by atoms with Crippen molar-refractivity contribution >= 4 is 29.2 Å². The number of hydrogen-bond acceptors (Lipinski definition) is 3. The fraction of sp³-hybridized carbons (Fsp3) is 0.857. The molecule has 1 heterocycles. The minimum Gasteiger partial charge on any atom is -0.468 e. The summed E-state index contributed by atoms with van der Waals surface area (Å²) in [5.74, 6) is -0.274. The number of methoxy groups -OCH3 is 1. The SMILES string of the molecule is COC(=O)[C@@H]1NC[C@]12CC2(Cl)Cl. The van der Waals surface area contributed by atoms with Crippen molar-refractivity contribution in [2.75, 3.05) is 13.7 Å². The predicted octanol–water partition coefficient (Wildman–Crippen LogP) is 0.695. The van der Waals surface area contributed by atoms with Gasteiger partial charge in [-0.2, -0.15) is 0 Å². The highest BCUT2D eigenvalue weighted by molar-refractivity contribution is 6.51. The Labute approximate surface area is 80.3 Å². The van der Waals surface area contributed by atoms with Gasteiger partial charge in [-0.1, -0.05) is 0 Å². The van der Waals surface area contributed by atoms with E-state index in [1.807, 2.05) is 0 Å². The normalized spacial score (nSPS) is 42.1. The van der Waals surface area contributed by atoms with Crippen LogP contribution in [0.1, 0.15) is 6.42 Å². The van der Waals surface area contributed by atoms with Crippen molar-refractivity contribution < 1.29 is 9.53 Å². The number of alkyl halides is 2. The van der Waals surface area contributed by atoms with E-state index in [1.54, 1.807) is 0 Å². The molecule has 1 aliphatic carbocycles. The second-order valence-electron chi connectivity index (χ2n) is 3.37. The molecule has 0 aromatic heterocycles. The Hall–Kier alpha value is 0.01000. The highest BCUT2D eigenvalue weighted by Crippen LogP contribution is 2.68. The lowest BCUT2D eigenvalue weighted by atomic mass is 9.88. The maximum atomic E-state index is 11.1. The molecule has 1 aliphatic heterocycles. The molecule has 1 spiro atoms. The van der Waals surface area contributed by atoms with Crippen molar-refractivity contribution in [3.05, 3.63) is 0 Å². The number of esters is 1. The molecule has 68 valence electrons. The third-order valence-corrected chi connectivity index (χ3v) is 3.77. The van der Waals surface area contributed by atoms with Crippen molar-refractivity contribution in [1.82, 2.24) is 5.32 Å². The Morgan fingerprint density at radius 2 is 2.25 bits per heavy atom. The standard InChI is InChI=1S/C7H9Cl2NO2/c1-12-5(11)4-6(3-10-4)2-7(6,8)9/h4,10H,2-3H2,1H3/t4-,6+/m0/s1. The van der Waals surface area contributed by atoms with Crippen molar-refractivity contribution in [1.29, 1.82) is 0 Å². The molecule has 0 aromatic rings. The first-order valence-corrected chi connectivity index (χ1v) is 4.48. The summed E-state index contributed by atoms with van der Waals surface area (Å²) in [6.07, 6.45) is 0.676. The lowest BCUT2D eigenvalue weighted by molar-refractivity contribution is -0.148. The van der Waals surface area contributed by atoms with Crippen LogP contribution < -0.4 is 5.32 Å². The number of carbonyl (C=O) groups is 1. The van der Waals surface area contributed by atoms with Gasteiger partial charge in [-0.05, 0) is 6.42 Å². The average molecular weight is 210 g/mol. The molecular formula is C7H9Cl2NO2. The maximum absolute atomic E-state index is 11.1. The molecule has 1 N–H and O–H groups in total. The second kappa shape index (κ2) is 2.28. The fourth-order valence-corrected chi connectivity index (χ4v) is 2.56. The second-order valence-corrected chi connectivity index (χ2v) is 4.86. The monoisotopic (exact) mass is 209 g/mol. The van der Waals surface area contributed by atoms with Crippen LogP contribution in [0.15, 0.2) is 0 Å². The van der Waals surface area contributed by atoms with Gasteiger partial charge in [0.05, 0.1) is 7.11 Å². The van der Waals surface area contributed by atoms with Gasteiger partial charge in [0.15, 0.2) is 0 Å². The van der Waals surface area contributed by atoms with E-state index < -0.39 is 4.33 Å². The molecule has 0 radical (unpaired) electrons. The summed E-state index contributed by atoms with van der Waals surface area (Å²) in [6, 6.07) is -0.308. The summed E-state index contributed by atoms with van der Waals surface area (Å²) in [6.45, 7) is 0.708. The molecule has 2 rings (SSSR count). The topological polar surface area (TPSA) is 38.3 Å². The van der Waals surface area contributed by atoms with Crippen molar-refractivity contribution in [2.24, 2.45) is 5.41 Å². The number of rotatable bonds is 1. The summed E-state index contributed by atoms with van der Waals surface area (Å²) < 4.78 is 3.88. The van der Waals surface area contributed by atoms with E-state index >= 15 is 0 Å². The highest BCUT2D eigenvalue weighted by Gasteiger charge is 2.76. The van der Waals surface area contributed by atoms with Gasteiger partial charge < -0.3 is 10.1 Å². The van der Waals surface area contributed by atoms with Gasteiger partial charge in [0.25, 0.3) is 0 Å². The third kappa shape index (κ3) is 0.845. The van der Waals surface area contributed by atoms with Gasteiger partial charge in [-0.25, -0.2) is 0 Å². The van der Waals surface area contributed by atoms with Crippen LogP contribution in [0.2, 0.25) is 0 Å². The largest absolute Gasteiger partial charge is 0.468 e. The molecule has 3 nitrogen and oxygen atoms in total. The number of halogens is 2. The average Bonchev–Trinajstić information content (AvgIpc) is 2.54. The van der Waals surface area contributed by atoms with Crippen LogP contribution in [0.5, 0.6) is 0 Å². The number of carbonyl (C=O) groups excluding carboxylic acids is 1. The number of hydrogen-bond donors (Lipinski definition) is 1. The summed E-state index contributed by atoms with van der Waals surface area (Å²) in [5, 5.41) is 2.96. The Morgan fingerprint density at radius 1 is 1.67 bits per heavy atom. The van der Waals surface area contributed by atoms with Crippen LogP contribution in [-0.2, 0) is 9.53 Å². The first-order valence-electron chi connectivity index (χ1n) is 3.72. The molecular weight excluding hydrogens is 201 g/mol. The Kier molecular flexibility index (Phi) is 1.63. The summed E-state index contributed by atoms with van der Waals surface area (Å²) in [4.78, 5) is 11.1. The molecule has 0 bridgehead atoms. The van der Waals surface area contributed by atoms with Gasteiger partial charge in [-0.3, -0.25) is 4.79 Å². The van der Waals surface area contributed by atoms with E-state index in [-0.39, 0.29) is 17.4 Å². The quantitative estimate of drug-likeness (QED) is 0.511. The smallest absolute Gasteiger partial charge is 0.323 e. The molecule has 12 heavy (non-hydrogen) atoms. The van der Waals surface area contributed by atoms with Gasteiger partial charge >= 0.3 is 5.97 Å². The molecule has 0 unspecified atom stereocenters. The Balaban J connectivity index is 2.09. The van der Waals surface area contributed by atoms with Crippen LogP contribution in [0.25, 0.3) is 0 Å². The number of nitrogens with one attached hydrogen (secondary N) is 1.